The Kier molecular flexibility index (Phi) is 5.27. The first-order valence-corrected chi connectivity index (χ1v) is 13.2. The van der Waals surface area contributed by atoms with Gasteiger partial charge in [-0.25, -0.2) is 4.98 Å². The number of aromatic nitrogens is 3. The van der Waals surface area contributed by atoms with E-state index >= 15 is 0 Å². The molecule has 1 saturated heterocycles. The van der Waals surface area contributed by atoms with Crippen molar-refractivity contribution in [2.24, 2.45) is 11.8 Å². The molecule has 3 heterocycles. The Bertz CT molecular complexity index is 1610. The van der Waals surface area contributed by atoms with Crippen molar-refractivity contribution in [2.75, 3.05) is 20.2 Å². The van der Waals surface area contributed by atoms with Gasteiger partial charge in [-0.3, -0.25) is 4.79 Å². The largest absolute Gasteiger partial charge is 0.497 e. The highest BCUT2D eigenvalue weighted by Gasteiger charge is 2.36. The molecule has 0 radical (unpaired) electrons. The van der Waals surface area contributed by atoms with Gasteiger partial charge in [0.2, 0.25) is 5.91 Å². The average molecular weight is 491 g/mol. The number of carbonyl (C=O) groups excluding carboxylic acids is 1. The summed E-state index contributed by atoms with van der Waals surface area (Å²) in [7, 11) is 1.70. The van der Waals surface area contributed by atoms with Crippen molar-refractivity contribution in [1.82, 2.24) is 19.4 Å². The summed E-state index contributed by atoms with van der Waals surface area (Å²) in [6.07, 6.45) is 5.13. The fourth-order valence-electron chi connectivity index (χ4n) is 5.70. The Hall–Kier alpha value is -4.06. The number of nitrogens with zero attached hydrogens (tertiary/aromatic N) is 3. The molecule has 1 aliphatic carbocycles. The van der Waals surface area contributed by atoms with Crippen LogP contribution >= 0.6 is 0 Å². The number of rotatable bonds is 6. The smallest absolute Gasteiger partial charge is 0.225 e. The molecule has 1 amide bonds. The lowest BCUT2D eigenvalue weighted by Crippen LogP contribution is -2.30. The highest BCUT2D eigenvalue weighted by molar-refractivity contribution is 5.86. The van der Waals surface area contributed by atoms with E-state index in [0.29, 0.717) is 11.8 Å². The first-order chi connectivity index (χ1) is 18.2. The number of carbonyl (C=O) groups is 1. The van der Waals surface area contributed by atoms with Crippen LogP contribution in [0.15, 0.2) is 72.9 Å². The molecule has 6 nitrogen and oxygen atoms in total. The maximum absolute atomic E-state index is 12.6. The highest BCUT2D eigenvalue weighted by Crippen LogP contribution is 2.35. The molecule has 2 aromatic heterocycles. The van der Waals surface area contributed by atoms with Gasteiger partial charge in [0.15, 0.2) is 0 Å². The number of H-pyrrole nitrogens is 1. The monoisotopic (exact) mass is 490 g/mol. The number of hydrogen-bond acceptors (Lipinski definition) is 3. The van der Waals surface area contributed by atoms with Gasteiger partial charge in [0.05, 0.1) is 18.1 Å². The summed E-state index contributed by atoms with van der Waals surface area (Å²) in [6, 6.07) is 23.4. The standard InChI is InChI=1S/C31H30N4O2/c1-37-26-10-11-27-29(17-26)35(19-20-13-15-34(18-20)31(36)24-7-8-24)30(33-27)23-5-2-21(3-6-23)25-9-4-22-12-14-32-28(22)16-25/h2-6,9-12,14,16-17,20,24,32H,7-8,13,15,18-19H2,1H3/t20-/m1/s1. The minimum atomic E-state index is 0.281. The molecule has 2 aliphatic rings. The van der Waals surface area contributed by atoms with Crippen molar-refractivity contribution in [1.29, 1.82) is 0 Å². The van der Waals surface area contributed by atoms with Gasteiger partial charge in [0, 0.05) is 48.9 Å². The molecular weight excluding hydrogens is 460 g/mol. The van der Waals surface area contributed by atoms with Crippen molar-refractivity contribution in [2.45, 2.75) is 25.8 Å². The lowest BCUT2D eigenvalue weighted by atomic mass is 10.0. The molecule has 3 aromatic carbocycles. The lowest BCUT2D eigenvalue weighted by molar-refractivity contribution is -0.131. The molecule has 1 N–H and O–H groups in total. The third-order valence-corrected chi connectivity index (χ3v) is 7.95. The number of benzene rings is 3. The van der Waals surface area contributed by atoms with Crippen LogP contribution in [0.3, 0.4) is 0 Å². The molecule has 1 saturated carbocycles. The van der Waals surface area contributed by atoms with Gasteiger partial charge in [-0.15, -0.1) is 0 Å². The van der Waals surface area contributed by atoms with E-state index in [9.17, 15) is 4.79 Å². The van der Waals surface area contributed by atoms with E-state index in [1.807, 2.05) is 18.3 Å². The maximum Gasteiger partial charge on any atom is 0.225 e. The van der Waals surface area contributed by atoms with E-state index in [1.165, 1.54) is 16.5 Å². The minimum Gasteiger partial charge on any atom is -0.497 e. The first-order valence-electron chi connectivity index (χ1n) is 13.2. The Balaban J connectivity index is 1.22. The molecular formula is C31H30N4O2. The average Bonchev–Trinajstić information content (AvgIpc) is 3.33. The summed E-state index contributed by atoms with van der Waals surface area (Å²) in [4.78, 5) is 23.1. The van der Waals surface area contributed by atoms with Gasteiger partial charge >= 0.3 is 0 Å². The Morgan fingerprint density at radius 2 is 1.78 bits per heavy atom. The third kappa shape index (κ3) is 4.06. The van der Waals surface area contributed by atoms with Gasteiger partial charge in [0.1, 0.15) is 11.6 Å². The summed E-state index contributed by atoms with van der Waals surface area (Å²) >= 11 is 0. The molecule has 0 bridgehead atoms. The number of aromatic amines is 1. The molecule has 186 valence electrons. The second-order valence-corrected chi connectivity index (χ2v) is 10.5. The van der Waals surface area contributed by atoms with E-state index in [4.69, 9.17) is 9.72 Å². The van der Waals surface area contributed by atoms with E-state index in [-0.39, 0.29) is 5.92 Å². The van der Waals surface area contributed by atoms with Gasteiger partial charge in [-0.1, -0.05) is 36.4 Å². The third-order valence-electron chi connectivity index (χ3n) is 7.95. The van der Waals surface area contributed by atoms with Crippen LogP contribution in [0, 0.1) is 11.8 Å². The molecule has 37 heavy (non-hydrogen) atoms. The summed E-state index contributed by atoms with van der Waals surface area (Å²) in [6.45, 7) is 2.53. The Morgan fingerprint density at radius 3 is 2.59 bits per heavy atom. The highest BCUT2D eigenvalue weighted by atomic mass is 16.5. The Labute approximate surface area is 215 Å². The lowest BCUT2D eigenvalue weighted by Gasteiger charge is -2.18. The van der Waals surface area contributed by atoms with Crippen LogP contribution in [0.25, 0.3) is 44.5 Å². The van der Waals surface area contributed by atoms with Crippen LogP contribution in [0.4, 0.5) is 0 Å². The fraction of sp³-hybridized carbons (Fsp3) is 0.290. The van der Waals surface area contributed by atoms with Crippen molar-refractivity contribution in [3.05, 3.63) is 72.9 Å². The van der Waals surface area contributed by atoms with Crippen molar-refractivity contribution in [3.63, 3.8) is 0 Å². The molecule has 7 rings (SSSR count). The van der Waals surface area contributed by atoms with Gasteiger partial charge in [-0.2, -0.15) is 0 Å². The normalized spacial score (nSPS) is 17.6. The van der Waals surface area contributed by atoms with Crippen LogP contribution < -0.4 is 4.74 Å². The molecule has 5 aromatic rings. The van der Waals surface area contributed by atoms with Gasteiger partial charge in [0.25, 0.3) is 0 Å². The minimum absolute atomic E-state index is 0.281. The molecule has 1 aliphatic heterocycles. The molecule has 1 atom stereocenters. The predicted octanol–water partition coefficient (Wildman–Crippen LogP) is 6.12. The number of ether oxygens (including phenoxy) is 1. The zero-order valence-corrected chi connectivity index (χ0v) is 21.0. The molecule has 2 fully saturated rings. The maximum atomic E-state index is 12.6. The summed E-state index contributed by atoms with van der Waals surface area (Å²) in [5.74, 6) is 2.84. The first kappa shape index (κ1) is 22.2. The van der Waals surface area contributed by atoms with E-state index in [2.05, 4.69) is 69.0 Å². The number of methoxy groups -OCH3 is 1. The number of nitrogens with one attached hydrogen (secondary N) is 1. The number of fused-ring (bicyclic) bond motifs is 2. The van der Waals surface area contributed by atoms with Crippen LogP contribution in [0.5, 0.6) is 5.75 Å². The number of amides is 1. The van der Waals surface area contributed by atoms with Crippen molar-refractivity contribution < 1.29 is 9.53 Å². The SMILES string of the molecule is COc1ccc2nc(-c3ccc(-c4ccc5cc[nH]c5c4)cc3)n(C[C@@H]3CCN(C(=O)C4CC4)C3)c2c1. The second-order valence-electron chi connectivity index (χ2n) is 10.5. The quantitative estimate of drug-likeness (QED) is 0.312. The van der Waals surface area contributed by atoms with Crippen molar-refractivity contribution >= 4 is 27.8 Å². The summed E-state index contributed by atoms with van der Waals surface area (Å²) < 4.78 is 7.86. The van der Waals surface area contributed by atoms with Gasteiger partial charge < -0.3 is 19.2 Å². The van der Waals surface area contributed by atoms with E-state index in [0.717, 1.165) is 72.6 Å². The number of imidazole rings is 1. The van der Waals surface area contributed by atoms with Crippen LogP contribution in [-0.4, -0.2) is 45.5 Å². The predicted molar refractivity (Wildman–Crippen MR) is 146 cm³/mol. The van der Waals surface area contributed by atoms with Crippen LogP contribution in [0.2, 0.25) is 0 Å². The van der Waals surface area contributed by atoms with E-state index in [1.54, 1.807) is 7.11 Å². The second kappa shape index (κ2) is 8.80. The molecule has 0 unspecified atom stereocenters. The van der Waals surface area contributed by atoms with Crippen molar-refractivity contribution in [3.8, 4) is 28.3 Å². The summed E-state index contributed by atoms with van der Waals surface area (Å²) in [5, 5.41) is 1.22. The fourth-order valence-corrected chi connectivity index (χ4v) is 5.70. The molecule has 0 spiro atoms. The van der Waals surface area contributed by atoms with E-state index < -0.39 is 0 Å². The zero-order chi connectivity index (χ0) is 24.9. The summed E-state index contributed by atoms with van der Waals surface area (Å²) in [5.41, 5.74) is 6.62. The topological polar surface area (TPSA) is 63.1 Å². The van der Waals surface area contributed by atoms with Crippen LogP contribution in [-0.2, 0) is 11.3 Å². The van der Waals surface area contributed by atoms with Crippen LogP contribution in [0.1, 0.15) is 19.3 Å². The Morgan fingerprint density at radius 1 is 0.973 bits per heavy atom. The zero-order valence-electron chi connectivity index (χ0n) is 21.0. The van der Waals surface area contributed by atoms with Gasteiger partial charge in [-0.05, 0) is 66.0 Å². The molecule has 6 heteroatoms. The number of likely N-dealkylation sites (tertiary alicyclic amines) is 1. The number of hydrogen-bond donors (Lipinski definition) is 1.